The Morgan fingerprint density at radius 2 is 2.00 bits per heavy atom. The van der Waals surface area contributed by atoms with Gasteiger partial charge in [-0.1, -0.05) is 30.3 Å². The van der Waals surface area contributed by atoms with Crippen molar-refractivity contribution in [3.63, 3.8) is 0 Å². The molecule has 3 heterocycles. The summed E-state index contributed by atoms with van der Waals surface area (Å²) in [6.45, 7) is 12.5. The first kappa shape index (κ1) is 24.9. The molecule has 0 saturated carbocycles. The zero-order chi connectivity index (χ0) is 24.1. The highest BCUT2D eigenvalue weighted by Crippen LogP contribution is 2.31. The van der Waals surface area contributed by atoms with Crippen LogP contribution in [-0.2, 0) is 24.3 Å². The van der Waals surface area contributed by atoms with Gasteiger partial charge in [-0.3, -0.25) is 14.4 Å². The van der Waals surface area contributed by atoms with Crippen molar-refractivity contribution in [3.8, 4) is 0 Å². The largest absolute Gasteiger partial charge is 0.345 e. The smallest absolute Gasteiger partial charge is 0.222 e. The summed E-state index contributed by atoms with van der Waals surface area (Å²) in [4.78, 5) is 17.3. The summed E-state index contributed by atoms with van der Waals surface area (Å²) < 4.78 is 2.06. The molecule has 2 aliphatic heterocycles. The number of piperidine rings is 2. The SMILES string of the molecule is CCn1nc(C)c(CCN(C)C(=O)CCC[C@H]2NCC3CC2CN(Cc2ccccc2)C3)c1C. The van der Waals surface area contributed by atoms with E-state index in [9.17, 15) is 4.79 Å². The second-order valence-corrected chi connectivity index (χ2v) is 10.5. The van der Waals surface area contributed by atoms with Crippen LogP contribution in [0.15, 0.2) is 30.3 Å². The lowest BCUT2D eigenvalue weighted by Crippen LogP contribution is -2.55. The van der Waals surface area contributed by atoms with Crippen LogP contribution in [-0.4, -0.2) is 64.8 Å². The maximum absolute atomic E-state index is 12.8. The Bertz CT molecular complexity index is 940. The number of aryl methyl sites for hydroxylation is 2. The lowest BCUT2D eigenvalue weighted by atomic mass is 9.79. The molecule has 1 N–H and O–H groups in total. The van der Waals surface area contributed by atoms with Crippen LogP contribution >= 0.6 is 0 Å². The number of hydrogen-bond donors (Lipinski definition) is 1. The third-order valence-corrected chi connectivity index (χ3v) is 7.99. The highest BCUT2D eigenvalue weighted by molar-refractivity contribution is 5.75. The molecule has 2 aliphatic rings. The normalized spacial score (nSPS) is 22.6. The molecule has 1 amide bonds. The Morgan fingerprint density at radius 3 is 2.74 bits per heavy atom. The molecule has 6 nitrogen and oxygen atoms in total. The van der Waals surface area contributed by atoms with E-state index in [4.69, 9.17) is 0 Å². The second-order valence-electron chi connectivity index (χ2n) is 10.5. The van der Waals surface area contributed by atoms with Gasteiger partial charge in [-0.25, -0.2) is 0 Å². The van der Waals surface area contributed by atoms with Gasteiger partial charge in [0.25, 0.3) is 0 Å². The highest BCUT2D eigenvalue weighted by Gasteiger charge is 2.36. The number of benzene rings is 1. The topological polar surface area (TPSA) is 53.4 Å². The lowest BCUT2D eigenvalue weighted by molar-refractivity contribution is -0.130. The molecule has 2 unspecified atom stereocenters. The molecule has 0 spiro atoms. The van der Waals surface area contributed by atoms with Crippen LogP contribution in [0.25, 0.3) is 0 Å². The number of nitrogens with one attached hydrogen (secondary N) is 1. The zero-order valence-electron chi connectivity index (χ0n) is 21.6. The molecular formula is C28H43N5O. The van der Waals surface area contributed by atoms with Crippen LogP contribution in [0.2, 0.25) is 0 Å². The molecule has 34 heavy (non-hydrogen) atoms. The summed E-state index contributed by atoms with van der Waals surface area (Å²) in [5, 5.41) is 8.42. The molecule has 2 bridgehead atoms. The van der Waals surface area contributed by atoms with Crippen molar-refractivity contribution in [3.05, 3.63) is 52.8 Å². The number of carbonyl (C=O) groups is 1. The Kier molecular flexibility index (Phi) is 8.43. The quantitative estimate of drug-likeness (QED) is 0.580. The van der Waals surface area contributed by atoms with Gasteiger partial charge in [0.15, 0.2) is 0 Å². The van der Waals surface area contributed by atoms with Crippen molar-refractivity contribution < 1.29 is 4.79 Å². The number of nitrogens with zero attached hydrogens (tertiary/aromatic N) is 4. The van der Waals surface area contributed by atoms with E-state index >= 15 is 0 Å². The van der Waals surface area contributed by atoms with Gasteiger partial charge >= 0.3 is 0 Å². The molecule has 3 atom stereocenters. The molecule has 186 valence electrons. The third kappa shape index (κ3) is 6.08. The summed E-state index contributed by atoms with van der Waals surface area (Å²) >= 11 is 0. The van der Waals surface area contributed by atoms with Crippen molar-refractivity contribution in [2.24, 2.45) is 11.8 Å². The third-order valence-electron chi connectivity index (χ3n) is 7.99. The van der Waals surface area contributed by atoms with E-state index in [-0.39, 0.29) is 5.91 Å². The zero-order valence-corrected chi connectivity index (χ0v) is 21.6. The van der Waals surface area contributed by atoms with Gasteiger partial charge in [-0.2, -0.15) is 5.10 Å². The van der Waals surface area contributed by atoms with E-state index in [0.29, 0.717) is 18.4 Å². The average molecular weight is 466 g/mol. The molecule has 1 aromatic carbocycles. The monoisotopic (exact) mass is 465 g/mol. The Balaban J connectivity index is 1.20. The number of hydrogen-bond acceptors (Lipinski definition) is 4. The lowest BCUT2D eigenvalue weighted by Gasteiger charge is -2.46. The maximum atomic E-state index is 12.8. The molecule has 0 radical (unpaired) electrons. The van der Waals surface area contributed by atoms with Gasteiger partial charge < -0.3 is 10.2 Å². The minimum atomic E-state index is 0.265. The number of amides is 1. The van der Waals surface area contributed by atoms with Crippen molar-refractivity contribution in [2.45, 2.75) is 72.0 Å². The van der Waals surface area contributed by atoms with E-state index in [1.54, 1.807) is 0 Å². The minimum absolute atomic E-state index is 0.265. The fourth-order valence-corrected chi connectivity index (χ4v) is 6.05. The van der Waals surface area contributed by atoms with Crippen LogP contribution in [0.1, 0.15) is 55.1 Å². The maximum Gasteiger partial charge on any atom is 0.222 e. The summed E-state index contributed by atoms with van der Waals surface area (Å²) in [5.41, 5.74) is 5.03. The van der Waals surface area contributed by atoms with Crippen LogP contribution in [0, 0.1) is 25.7 Å². The van der Waals surface area contributed by atoms with Crippen LogP contribution in [0.3, 0.4) is 0 Å². The standard InChI is InChI=1S/C28H43N5O/c1-5-33-22(3)26(21(2)30-33)14-15-31(4)28(34)13-9-12-27-25-16-24(17-29-27)19-32(20-25)18-23-10-7-6-8-11-23/h6-8,10-11,24-25,27,29H,5,9,12-20H2,1-4H3/t24?,25?,27-/m1/s1. The predicted molar refractivity (Wildman–Crippen MR) is 138 cm³/mol. The number of likely N-dealkylation sites (N-methyl/N-ethyl adjacent to an activating group) is 1. The van der Waals surface area contributed by atoms with Crippen molar-refractivity contribution >= 4 is 5.91 Å². The first-order valence-corrected chi connectivity index (χ1v) is 13.2. The van der Waals surface area contributed by atoms with Gasteiger partial charge in [0.2, 0.25) is 5.91 Å². The van der Waals surface area contributed by atoms with Crippen LogP contribution in [0.4, 0.5) is 0 Å². The first-order valence-electron chi connectivity index (χ1n) is 13.2. The molecule has 2 saturated heterocycles. The van der Waals surface area contributed by atoms with E-state index in [1.165, 1.54) is 36.3 Å². The summed E-state index contributed by atoms with van der Waals surface area (Å²) in [6, 6.07) is 11.4. The Labute approximate surface area is 205 Å². The Hall–Kier alpha value is -2.18. The van der Waals surface area contributed by atoms with E-state index < -0.39 is 0 Å². The highest BCUT2D eigenvalue weighted by atomic mass is 16.2. The van der Waals surface area contributed by atoms with E-state index in [2.05, 4.69) is 71.1 Å². The number of rotatable bonds is 10. The summed E-state index contributed by atoms with van der Waals surface area (Å²) in [5.74, 6) is 1.72. The second kappa shape index (κ2) is 11.5. The molecule has 2 fully saturated rings. The fraction of sp³-hybridized carbons (Fsp3) is 0.643. The van der Waals surface area contributed by atoms with Crippen molar-refractivity contribution in [2.75, 3.05) is 33.2 Å². The number of aromatic nitrogens is 2. The van der Waals surface area contributed by atoms with E-state index in [1.807, 2.05) is 11.9 Å². The summed E-state index contributed by atoms with van der Waals surface area (Å²) in [6.07, 6.45) is 4.92. The van der Waals surface area contributed by atoms with E-state index in [0.717, 1.165) is 57.1 Å². The first-order chi connectivity index (χ1) is 16.4. The van der Waals surface area contributed by atoms with Crippen molar-refractivity contribution in [1.82, 2.24) is 24.9 Å². The molecule has 6 heteroatoms. The van der Waals surface area contributed by atoms with Gasteiger partial charge in [0, 0.05) is 57.9 Å². The molecule has 4 rings (SSSR count). The van der Waals surface area contributed by atoms with Crippen molar-refractivity contribution in [1.29, 1.82) is 0 Å². The van der Waals surface area contributed by atoms with Gasteiger partial charge in [0.1, 0.15) is 0 Å². The minimum Gasteiger partial charge on any atom is -0.345 e. The van der Waals surface area contributed by atoms with Gasteiger partial charge in [-0.05, 0) is 76.0 Å². The average Bonchev–Trinajstić information content (AvgIpc) is 3.11. The number of carbonyl (C=O) groups excluding carboxylic acids is 1. The Morgan fingerprint density at radius 1 is 1.21 bits per heavy atom. The molecule has 1 aromatic heterocycles. The molecule has 2 aromatic rings. The predicted octanol–water partition coefficient (Wildman–Crippen LogP) is 3.80. The van der Waals surface area contributed by atoms with Crippen LogP contribution in [0.5, 0.6) is 0 Å². The summed E-state index contributed by atoms with van der Waals surface area (Å²) in [7, 11) is 1.95. The molecule has 0 aliphatic carbocycles. The fourth-order valence-electron chi connectivity index (χ4n) is 6.05. The van der Waals surface area contributed by atoms with Crippen LogP contribution < -0.4 is 5.32 Å². The van der Waals surface area contributed by atoms with Gasteiger partial charge in [0.05, 0.1) is 5.69 Å². The number of fused-ring (bicyclic) bond motifs is 2. The number of likely N-dealkylation sites (tertiary alicyclic amines) is 1. The van der Waals surface area contributed by atoms with Gasteiger partial charge in [-0.15, -0.1) is 0 Å². The molecular weight excluding hydrogens is 422 g/mol.